The Morgan fingerprint density at radius 1 is 1.20 bits per heavy atom. The number of thiazole rings is 1. The van der Waals surface area contributed by atoms with Crippen molar-refractivity contribution in [2.45, 2.75) is 19.0 Å². The summed E-state index contributed by atoms with van der Waals surface area (Å²) < 4.78 is 5.32. The third-order valence-corrected chi connectivity index (χ3v) is 5.14. The Hall–Kier alpha value is -2.93. The van der Waals surface area contributed by atoms with E-state index in [0.717, 1.165) is 10.6 Å². The van der Waals surface area contributed by atoms with Gasteiger partial charge in [0.2, 0.25) is 0 Å². The molecule has 25 heavy (non-hydrogen) atoms. The van der Waals surface area contributed by atoms with Gasteiger partial charge in [0.15, 0.2) is 10.8 Å². The fourth-order valence-corrected chi connectivity index (χ4v) is 3.64. The SMILES string of the molecule is CC1(c2ccccc2)NC(=O)N(Cc2csc(-c3ccco3)n2)C1=O. The van der Waals surface area contributed by atoms with Crippen molar-refractivity contribution in [2.75, 3.05) is 0 Å². The first kappa shape index (κ1) is 15.6. The van der Waals surface area contributed by atoms with E-state index < -0.39 is 11.6 Å². The fourth-order valence-electron chi connectivity index (χ4n) is 2.86. The van der Waals surface area contributed by atoms with Crippen molar-refractivity contribution >= 4 is 23.3 Å². The summed E-state index contributed by atoms with van der Waals surface area (Å²) in [6, 6.07) is 12.4. The van der Waals surface area contributed by atoms with Crippen LogP contribution in [0, 0.1) is 0 Å². The molecule has 3 aromatic rings. The second kappa shape index (κ2) is 5.86. The highest BCUT2D eigenvalue weighted by molar-refractivity contribution is 7.13. The quantitative estimate of drug-likeness (QED) is 0.730. The van der Waals surface area contributed by atoms with E-state index in [9.17, 15) is 9.59 Å². The summed E-state index contributed by atoms with van der Waals surface area (Å²) in [4.78, 5) is 30.9. The standard InChI is InChI=1S/C18H15N3O3S/c1-18(12-6-3-2-4-7-12)16(22)21(17(23)20-18)10-13-11-25-15(19-13)14-8-5-9-24-14/h2-9,11H,10H2,1H3,(H,20,23). The molecule has 1 N–H and O–H groups in total. The van der Waals surface area contributed by atoms with Crippen LogP contribution in [0.3, 0.4) is 0 Å². The summed E-state index contributed by atoms with van der Waals surface area (Å²) in [5.74, 6) is 0.388. The number of rotatable bonds is 4. The number of benzene rings is 1. The largest absolute Gasteiger partial charge is 0.462 e. The fraction of sp³-hybridized carbons (Fsp3) is 0.167. The molecule has 0 aliphatic carbocycles. The van der Waals surface area contributed by atoms with Crippen LogP contribution in [-0.4, -0.2) is 21.8 Å². The van der Waals surface area contributed by atoms with Gasteiger partial charge in [0, 0.05) is 5.38 Å². The molecule has 1 aliphatic heterocycles. The monoisotopic (exact) mass is 353 g/mol. The van der Waals surface area contributed by atoms with Crippen LogP contribution in [0.15, 0.2) is 58.5 Å². The summed E-state index contributed by atoms with van der Waals surface area (Å²) in [6.45, 7) is 1.85. The maximum absolute atomic E-state index is 12.9. The second-order valence-corrected chi connectivity index (χ2v) is 6.79. The molecule has 0 bridgehead atoms. The molecule has 1 saturated heterocycles. The van der Waals surface area contributed by atoms with E-state index >= 15 is 0 Å². The molecule has 1 unspecified atom stereocenters. The molecule has 3 amide bonds. The zero-order valence-corrected chi connectivity index (χ0v) is 14.2. The van der Waals surface area contributed by atoms with Gasteiger partial charge < -0.3 is 9.73 Å². The summed E-state index contributed by atoms with van der Waals surface area (Å²) in [6.07, 6.45) is 1.58. The van der Waals surface area contributed by atoms with Crippen molar-refractivity contribution in [3.8, 4) is 10.8 Å². The summed E-state index contributed by atoms with van der Waals surface area (Å²) in [7, 11) is 0. The molecule has 7 heteroatoms. The van der Waals surface area contributed by atoms with Gasteiger partial charge in [-0.1, -0.05) is 30.3 Å². The normalized spacial score (nSPS) is 20.1. The zero-order chi connectivity index (χ0) is 17.4. The first-order valence-electron chi connectivity index (χ1n) is 7.76. The molecular weight excluding hydrogens is 338 g/mol. The Morgan fingerprint density at radius 2 is 2.00 bits per heavy atom. The number of hydrogen-bond acceptors (Lipinski definition) is 5. The van der Waals surface area contributed by atoms with E-state index in [0.29, 0.717) is 11.5 Å². The lowest BCUT2D eigenvalue weighted by Gasteiger charge is -2.21. The van der Waals surface area contributed by atoms with Gasteiger partial charge in [0.05, 0.1) is 18.5 Å². The number of nitrogens with zero attached hydrogens (tertiary/aromatic N) is 2. The van der Waals surface area contributed by atoms with Crippen LogP contribution >= 0.6 is 11.3 Å². The van der Waals surface area contributed by atoms with Gasteiger partial charge in [-0.15, -0.1) is 11.3 Å². The molecule has 0 spiro atoms. The van der Waals surface area contributed by atoms with Crippen molar-refractivity contribution in [3.63, 3.8) is 0 Å². The molecule has 2 aromatic heterocycles. The van der Waals surface area contributed by atoms with E-state index in [1.807, 2.05) is 41.8 Å². The van der Waals surface area contributed by atoms with Crippen LogP contribution < -0.4 is 5.32 Å². The number of imide groups is 1. The number of carbonyl (C=O) groups excluding carboxylic acids is 2. The van der Waals surface area contributed by atoms with Crippen LogP contribution in [0.4, 0.5) is 4.79 Å². The molecule has 1 aromatic carbocycles. The molecular formula is C18H15N3O3S. The number of furan rings is 1. The van der Waals surface area contributed by atoms with Crippen molar-refractivity contribution < 1.29 is 14.0 Å². The van der Waals surface area contributed by atoms with Gasteiger partial charge >= 0.3 is 6.03 Å². The lowest BCUT2D eigenvalue weighted by Crippen LogP contribution is -2.40. The Kier molecular flexibility index (Phi) is 3.65. The van der Waals surface area contributed by atoms with Crippen LogP contribution in [-0.2, 0) is 16.9 Å². The number of hydrogen-bond donors (Lipinski definition) is 1. The minimum Gasteiger partial charge on any atom is -0.462 e. The summed E-state index contributed by atoms with van der Waals surface area (Å²) >= 11 is 1.41. The number of carbonyl (C=O) groups is 2. The number of amides is 3. The molecule has 3 heterocycles. The molecule has 0 radical (unpaired) electrons. The van der Waals surface area contributed by atoms with Crippen LogP contribution in [0.2, 0.25) is 0 Å². The van der Waals surface area contributed by atoms with Gasteiger partial charge in [0.1, 0.15) is 5.54 Å². The van der Waals surface area contributed by atoms with E-state index in [1.165, 1.54) is 16.2 Å². The van der Waals surface area contributed by atoms with Crippen molar-refractivity contribution in [1.29, 1.82) is 0 Å². The van der Waals surface area contributed by atoms with Gasteiger partial charge in [-0.25, -0.2) is 9.78 Å². The van der Waals surface area contributed by atoms with Crippen LogP contribution in [0.1, 0.15) is 18.2 Å². The maximum Gasteiger partial charge on any atom is 0.325 e. The highest BCUT2D eigenvalue weighted by Crippen LogP contribution is 2.30. The highest BCUT2D eigenvalue weighted by Gasteiger charge is 2.48. The van der Waals surface area contributed by atoms with E-state index in [4.69, 9.17) is 4.42 Å². The number of nitrogens with one attached hydrogen (secondary N) is 1. The summed E-state index contributed by atoms with van der Waals surface area (Å²) in [5, 5.41) is 5.35. The molecule has 126 valence electrons. The maximum atomic E-state index is 12.9. The van der Waals surface area contributed by atoms with Crippen LogP contribution in [0.5, 0.6) is 0 Å². The smallest absolute Gasteiger partial charge is 0.325 e. The lowest BCUT2D eigenvalue weighted by molar-refractivity contribution is -0.131. The van der Waals surface area contributed by atoms with Crippen molar-refractivity contribution in [2.24, 2.45) is 0 Å². The highest BCUT2D eigenvalue weighted by atomic mass is 32.1. The van der Waals surface area contributed by atoms with E-state index in [2.05, 4.69) is 10.3 Å². The number of aromatic nitrogens is 1. The molecule has 4 rings (SSSR count). The predicted octanol–water partition coefficient (Wildman–Crippen LogP) is 3.37. The third kappa shape index (κ3) is 2.62. The van der Waals surface area contributed by atoms with Gasteiger partial charge in [-0.2, -0.15) is 0 Å². The topological polar surface area (TPSA) is 75.4 Å². The molecule has 1 fully saturated rings. The molecule has 1 aliphatic rings. The Morgan fingerprint density at radius 3 is 2.72 bits per heavy atom. The second-order valence-electron chi connectivity index (χ2n) is 5.93. The van der Waals surface area contributed by atoms with Gasteiger partial charge in [-0.05, 0) is 24.6 Å². The lowest BCUT2D eigenvalue weighted by atomic mass is 9.92. The minimum atomic E-state index is -1.06. The van der Waals surface area contributed by atoms with Crippen molar-refractivity contribution in [3.05, 3.63) is 65.4 Å². The zero-order valence-electron chi connectivity index (χ0n) is 13.4. The van der Waals surface area contributed by atoms with Crippen LogP contribution in [0.25, 0.3) is 10.8 Å². The summed E-state index contributed by atoms with van der Waals surface area (Å²) in [5.41, 5.74) is 0.348. The minimum absolute atomic E-state index is 0.129. The average molecular weight is 353 g/mol. The Labute approximate surface area is 148 Å². The van der Waals surface area contributed by atoms with E-state index in [-0.39, 0.29) is 12.5 Å². The third-order valence-electron chi connectivity index (χ3n) is 4.23. The van der Waals surface area contributed by atoms with Crippen molar-refractivity contribution in [1.82, 2.24) is 15.2 Å². The molecule has 0 saturated carbocycles. The average Bonchev–Trinajstić information content (AvgIpc) is 3.34. The Balaban J connectivity index is 1.57. The first-order valence-corrected chi connectivity index (χ1v) is 8.64. The number of urea groups is 1. The Bertz CT molecular complexity index is 920. The predicted molar refractivity (Wildman–Crippen MR) is 92.7 cm³/mol. The first-order chi connectivity index (χ1) is 12.1. The van der Waals surface area contributed by atoms with E-state index in [1.54, 1.807) is 19.3 Å². The van der Waals surface area contributed by atoms with Gasteiger partial charge in [-0.3, -0.25) is 9.69 Å². The van der Waals surface area contributed by atoms with Gasteiger partial charge in [0.25, 0.3) is 5.91 Å². The molecule has 6 nitrogen and oxygen atoms in total. The molecule has 1 atom stereocenters.